The Kier molecular flexibility index (Phi) is 7.06. The van der Waals surface area contributed by atoms with E-state index in [4.69, 9.17) is 0 Å². The smallest absolute Gasteiger partial charge is 0.239 e. The second kappa shape index (κ2) is 9.98. The van der Waals surface area contributed by atoms with Crippen LogP contribution in [0.4, 0.5) is 20.2 Å². The summed E-state index contributed by atoms with van der Waals surface area (Å²) in [5, 5.41) is 10.3. The summed E-state index contributed by atoms with van der Waals surface area (Å²) in [4.78, 5) is 29.3. The summed E-state index contributed by atoms with van der Waals surface area (Å²) in [6, 6.07) is 10.0. The van der Waals surface area contributed by atoms with E-state index in [1.807, 2.05) is 38.1 Å². The molecular weight excluding hydrogens is 510 g/mol. The number of benzene rings is 2. The van der Waals surface area contributed by atoms with Gasteiger partial charge in [0, 0.05) is 46.4 Å². The number of hydrogen-bond donors (Lipinski definition) is 3. The summed E-state index contributed by atoms with van der Waals surface area (Å²) < 4.78 is 29.5. The van der Waals surface area contributed by atoms with Crippen LogP contribution in [0.5, 0.6) is 0 Å². The number of allylic oxidation sites excluding steroid dienone is 1. The fourth-order valence-corrected chi connectivity index (χ4v) is 7.13. The van der Waals surface area contributed by atoms with Gasteiger partial charge < -0.3 is 20.9 Å². The lowest BCUT2D eigenvalue weighted by atomic mass is 9.73. The Balaban J connectivity index is 1.59. The van der Waals surface area contributed by atoms with Gasteiger partial charge in [-0.3, -0.25) is 9.59 Å². The standard InChI is InChI=1S/C32H40F2N4O2/c1-30(2)16-24-28(26(39)17-30)29(21-12-11-19(33)13-22(21)34)38(25-10-8-7-9-23(25)36-24)18-27(40)35-20-14-31(3,4)37-32(5,6)15-20/h7-13,20,29,36-37H,14-18H2,1-6H3,(H,35,40). The van der Waals surface area contributed by atoms with Crippen LogP contribution in [0.2, 0.25) is 0 Å². The maximum atomic E-state index is 15.5. The van der Waals surface area contributed by atoms with Gasteiger partial charge in [-0.1, -0.05) is 32.0 Å². The highest BCUT2D eigenvalue weighted by molar-refractivity contribution is 6.02. The Bertz CT molecular complexity index is 1360. The van der Waals surface area contributed by atoms with Crippen molar-refractivity contribution in [3.63, 3.8) is 0 Å². The minimum Gasteiger partial charge on any atom is -0.357 e. The van der Waals surface area contributed by atoms with Crippen molar-refractivity contribution in [2.45, 2.75) is 90.4 Å². The highest BCUT2D eigenvalue weighted by Gasteiger charge is 2.43. The molecule has 0 aromatic heterocycles. The molecule has 0 bridgehead atoms. The van der Waals surface area contributed by atoms with Gasteiger partial charge in [-0.15, -0.1) is 0 Å². The number of carbonyl (C=O) groups is 2. The van der Waals surface area contributed by atoms with Crippen molar-refractivity contribution in [3.05, 3.63) is 70.9 Å². The van der Waals surface area contributed by atoms with E-state index in [1.165, 1.54) is 12.1 Å². The van der Waals surface area contributed by atoms with Crippen LogP contribution in [0, 0.1) is 17.0 Å². The van der Waals surface area contributed by atoms with Crippen LogP contribution in [-0.2, 0) is 9.59 Å². The van der Waals surface area contributed by atoms with E-state index < -0.39 is 17.7 Å². The average molecular weight is 551 g/mol. The molecule has 5 rings (SSSR count). The zero-order chi connectivity index (χ0) is 29.0. The minimum atomic E-state index is -0.901. The van der Waals surface area contributed by atoms with Crippen molar-refractivity contribution in [1.29, 1.82) is 0 Å². The second-order valence-corrected chi connectivity index (χ2v) is 13.7. The van der Waals surface area contributed by atoms with E-state index in [0.717, 1.165) is 24.6 Å². The fourth-order valence-electron chi connectivity index (χ4n) is 7.13. The number of para-hydroxylation sites is 2. The molecule has 214 valence electrons. The van der Waals surface area contributed by atoms with Crippen LogP contribution in [0.3, 0.4) is 0 Å². The van der Waals surface area contributed by atoms with Crippen LogP contribution in [0.1, 0.15) is 78.8 Å². The molecule has 3 aliphatic rings. The van der Waals surface area contributed by atoms with Gasteiger partial charge in [0.1, 0.15) is 11.6 Å². The Morgan fingerprint density at radius 3 is 2.35 bits per heavy atom. The lowest BCUT2D eigenvalue weighted by Gasteiger charge is -2.46. The average Bonchev–Trinajstić information content (AvgIpc) is 2.91. The molecule has 6 nitrogen and oxygen atoms in total. The van der Waals surface area contributed by atoms with E-state index in [0.29, 0.717) is 29.8 Å². The topological polar surface area (TPSA) is 73.5 Å². The maximum absolute atomic E-state index is 15.5. The summed E-state index contributed by atoms with van der Waals surface area (Å²) in [5.41, 5.74) is 2.13. The molecule has 0 spiro atoms. The first-order valence-electron chi connectivity index (χ1n) is 14.1. The monoisotopic (exact) mass is 550 g/mol. The van der Waals surface area contributed by atoms with E-state index >= 15 is 4.39 Å². The molecule has 1 saturated heterocycles. The number of ketones is 1. The first kappa shape index (κ1) is 28.3. The van der Waals surface area contributed by atoms with E-state index in [1.54, 1.807) is 4.90 Å². The number of Topliss-reactive ketones (excluding diaryl/α,β-unsaturated/α-hetero) is 1. The highest BCUT2D eigenvalue weighted by atomic mass is 19.1. The number of anilines is 2. The molecule has 1 fully saturated rings. The molecule has 0 radical (unpaired) electrons. The van der Waals surface area contributed by atoms with Crippen LogP contribution >= 0.6 is 0 Å². The summed E-state index contributed by atoms with van der Waals surface area (Å²) in [7, 11) is 0. The Morgan fingerprint density at radius 2 is 1.68 bits per heavy atom. The van der Waals surface area contributed by atoms with E-state index in [2.05, 4.69) is 43.6 Å². The summed E-state index contributed by atoms with van der Waals surface area (Å²) >= 11 is 0. The number of nitrogens with one attached hydrogen (secondary N) is 3. The number of piperidine rings is 1. The van der Waals surface area contributed by atoms with Crippen molar-refractivity contribution in [3.8, 4) is 0 Å². The van der Waals surface area contributed by atoms with E-state index in [-0.39, 0.29) is 46.3 Å². The van der Waals surface area contributed by atoms with Crippen molar-refractivity contribution in [2.24, 2.45) is 5.41 Å². The fraction of sp³-hybridized carbons (Fsp3) is 0.500. The molecule has 2 aliphatic heterocycles. The third-order valence-corrected chi connectivity index (χ3v) is 8.13. The van der Waals surface area contributed by atoms with Gasteiger partial charge in [0.25, 0.3) is 0 Å². The zero-order valence-electron chi connectivity index (χ0n) is 24.3. The second-order valence-electron chi connectivity index (χ2n) is 13.7. The van der Waals surface area contributed by atoms with Crippen molar-refractivity contribution in [2.75, 3.05) is 16.8 Å². The zero-order valence-corrected chi connectivity index (χ0v) is 24.3. The normalized spacial score (nSPS) is 23.6. The van der Waals surface area contributed by atoms with Gasteiger partial charge in [0.15, 0.2) is 5.78 Å². The van der Waals surface area contributed by atoms with Crippen LogP contribution < -0.4 is 20.9 Å². The molecule has 1 atom stereocenters. The van der Waals surface area contributed by atoms with E-state index in [9.17, 15) is 14.0 Å². The molecule has 8 heteroatoms. The minimum absolute atomic E-state index is 0.0491. The molecule has 2 heterocycles. The summed E-state index contributed by atoms with van der Waals surface area (Å²) in [6.07, 6.45) is 2.40. The predicted octanol–water partition coefficient (Wildman–Crippen LogP) is 6.01. The largest absolute Gasteiger partial charge is 0.357 e. The van der Waals surface area contributed by atoms with Gasteiger partial charge >= 0.3 is 0 Å². The Hall–Kier alpha value is -3.26. The van der Waals surface area contributed by atoms with Gasteiger partial charge in [-0.05, 0) is 70.6 Å². The van der Waals surface area contributed by atoms with Gasteiger partial charge in [-0.25, -0.2) is 8.78 Å². The molecule has 3 N–H and O–H groups in total. The SMILES string of the molecule is CC1(C)CC(=O)C2=C(C1)Nc1ccccc1N(CC(=O)NC1CC(C)(C)NC(C)(C)C1)C2c1ccc(F)cc1F. The van der Waals surface area contributed by atoms with Gasteiger partial charge in [0.2, 0.25) is 5.91 Å². The Labute approximate surface area is 235 Å². The summed E-state index contributed by atoms with van der Waals surface area (Å²) in [5.74, 6) is -1.76. The number of hydrogen-bond acceptors (Lipinski definition) is 5. The number of halogens is 2. The lowest BCUT2D eigenvalue weighted by molar-refractivity contribution is -0.121. The van der Waals surface area contributed by atoms with Gasteiger partial charge in [0.05, 0.1) is 24.0 Å². The maximum Gasteiger partial charge on any atom is 0.239 e. The first-order chi connectivity index (χ1) is 18.6. The molecule has 2 aromatic rings. The van der Waals surface area contributed by atoms with Crippen LogP contribution in [0.25, 0.3) is 0 Å². The number of carbonyl (C=O) groups excluding carboxylic acids is 2. The number of amides is 1. The molecule has 1 aliphatic carbocycles. The van der Waals surface area contributed by atoms with Crippen molar-refractivity contribution in [1.82, 2.24) is 10.6 Å². The molecule has 1 unspecified atom stereocenters. The van der Waals surface area contributed by atoms with Crippen LogP contribution in [0.15, 0.2) is 53.7 Å². The first-order valence-corrected chi connectivity index (χ1v) is 14.1. The molecule has 1 amide bonds. The molecule has 40 heavy (non-hydrogen) atoms. The van der Waals surface area contributed by atoms with Gasteiger partial charge in [-0.2, -0.15) is 0 Å². The molecular formula is C32H40F2N4O2. The number of nitrogens with zero attached hydrogens (tertiary/aromatic N) is 1. The third kappa shape index (κ3) is 5.78. The number of fused-ring (bicyclic) bond motifs is 1. The van der Waals surface area contributed by atoms with Crippen molar-refractivity contribution < 1.29 is 18.4 Å². The summed E-state index contributed by atoms with van der Waals surface area (Å²) in [6.45, 7) is 12.5. The predicted molar refractivity (Wildman–Crippen MR) is 154 cm³/mol. The van der Waals surface area contributed by atoms with Crippen LogP contribution in [-0.4, -0.2) is 35.4 Å². The lowest BCUT2D eigenvalue weighted by Crippen LogP contribution is -2.62. The molecule has 2 aromatic carbocycles. The van der Waals surface area contributed by atoms with Crippen molar-refractivity contribution >= 4 is 23.1 Å². The highest BCUT2D eigenvalue weighted by Crippen LogP contribution is 2.48. The molecule has 0 saturated carbocycles. The number of rotatable bonds is 4. The Morgan fingerprint density at radius 1 is 1.00 bits per heavy atom. The third-order valence-electron chi connectivity index (χ3n) is 8.13. The quantitative estimate of drug-likeness (QED) is 0.435.